The molecule has 0 saturated carbocycles. The van der Waals surface area contributed by atoms with E-state index in [1.54, 1.807) is 19.1 Å². The highest BCUT2D eigenvalue weighted by Gasteiger charge is 2.13. The summed E-state index contributed by atoms with van der Waals surface area (Å²) in [6.07, 6.45) is 0. The molecule has 0 aliphatic rings. The third-order valence-corrected chi connectivity index (χ3v) is 3.51. The zero-order valence-corrected chi connectivity index (χ0v) is 12.2. The van der Waals surface area contributed by atoms with Crippen LogP contribution in [0.5, 0.6) is 5.75 Å². The molecule has 0 N–H and O–H groups in total. The van der Waals surface area contributed by atoms with Crippen LogP contribution in [0.2, 0.25) is 0 Å². The fourth-order valence-corrected chi connectivity index (χ4v) is 2.11. The molecular weight excluding hydrogens is 329 g/mol. The summed E-state index contributed by atoms with van der Waals surface area (Å²) < 4.78 is 18.9. The zero-order chi connectivity index (χ0) is 14.7. The van der Waals surface area contributed by atoms with Crippen molar-refractivity contribution in [1.29, 1.82) is 0 Å². The van der Waals surface area contributed by atoms with E-state index in [1.807, 2.05) is 0 Å². The Morgan fingerprint density at radius 3 is 2.75 bits per heavy atom. The molecular formula is C14H11BrFNO3. The monoisotopic (exact) mass is 339 g/mol. The van der Waals surface area contributed by atoms with Crippen LogP contribution in [0.25, 0.3) is 0 Å². The lowest BCUT2D eigenvalue weighted by Gasteiger charge is -2.09. The first-order valence-corrected chi connectivity index (χ1v) is 6.59. The number of hydrogen-bond acceptors (Lipinski definition) is 3. The minimum Gasteiger partial charge on any atom is -0.489 e. The summed E-state index contributed by atoms with van der Waals surface area (Å²) in [6.45, 7) is 1.86. The third kappa shape index (κ3) is 3.14. The Morgan fingerprint density at radius 1 is 1.35 bits per heavy atom. The van der Waals surface area contributed by atoms with E-state index >= 15 is 0 Å². The van der Waals surface area contributed by atoms with Crippen LogP contribution >= 0.6 is 15.9 Å². The lowest BCUT2D eigenvalue weighted by atomic mass is 10.1. The minimum atomic E-state index is -0.423. The molecule has 0 bridgehead atoms. The summed E-state index contributed by atoms with van der Waals surface area (Å²) in [5, 5.41) is 10.8. The lowest BCUT2D eigenvalue weighted by molar-refractivity contribution is -0.385. The second-order valence-corrected chi connectivity index (χ2v) is 5.04. The van der Waals surface area contributed by atoms with Crippen molar-refractivity contribution in [3.05, 3.63) is 67.9 Å². The highest BCUT2D eigenvalue weighted by Crippen LogP contribution is 2.25. The average molecular weight is 340 g/mol. The van der Waals surface area contributed by atoms with E-state index in [2.05, 4.69) is 15.9 Å². The molecule has 0 saturated heterocycles. The molecule has 4 nitrogen and oxygen atoms in total. The first-order valence-electron chi connectivity index (χ1n) is 5.80. The van der Waals surface area contributed by atoms with E-state index in [0.717, 1.165) is 5.56 Å². The Labute approximate surface area is 123 Å². The summed E-state index contributed by atoms with van der Waals surface area (Å²) in [5.74, 6) is 0.119. The summed E-state index contributed by atoms with van der Waals surface area (Å²) in [5.41, 5.74) is 1.35. The van der Waals surface area contributed by atoms with Gasteiger partial charge in [-0.25, -0.2) is 4.39 Å². The van der Waals surface area contributed by atoms with Crippen molar-refractivity contribution < 1.29 is 14.1 Å². The maximum absolute atomic E-state index is 13.1. The molecule has 0 heterocycles. The smallest absolute Gasteiger partial charge is 0.272 e. The molecule has 0 radical (unpaired) electrons. The first kappa shape index (κ1) is 14.5. The zero-order valence-electron chi connectivity index (χ0n) is 10.6. The van der Waals surface area contributed by atoms with Gasteiger partial charge in [-0.2, -0.15) is 0 Å². The van der Waals surface area contributed by atoms with Crippen molar-refractivity contribution in [1.82, 2.24) is 0 Å². The van der Waals surface area contributed by atoms with Crippen LogP contribution < -0.4 is 4.74 Å². The Balaban J connectivity index is 2.17. The highest BCUT2D eigenvalue weighted by molar-refractivity contribution is 9.10. The highest BCUT2D eigenvalue weighted by atomic mass is 79.9. The molecule has 2 aromatic carbocycles. The second-order valence-electron chi connectivity index (χ2n) is 4.18. The SMILES string of the molecule is Cc1c(COc2ccc(F)c(Br)c2)cccc1[N+](=O)[O-]. The van der Waals surface area contributed by atoms with Crippen LogP contribution in [0.3, 0.4) is 0 Å². The van der Waals surface area contributed by atoms with Crippen LogP contribution in [0, 0.1) is 22.9 Å². The fraction of sp³-hybridized carbons (Fsp3) is 0.143. The third-order valence-electron chi connectivity index (χ3n) is 2.90. The molecule has 0 aromatic heterocycles. The molecule has 0 spiro atoms. The normalized spacial score (nSPS) is 10.3. The van der Waals surface area contributed by atoms with Gasteiger partial charge in [-0.3, -0.25) is 10.1 Å². The summed E-state index contributed by atoms with van der Waals surface area (Å²) in [4.78, 5) is 10.4. The largest absolute Gasteiger partial charge is 0.489 e. The predicted octanol–water partition coefficient (Wildman–Crippen LogP) is 4.38. The maximum Gasteiger partial charge on any atom is 0.272 e. The van der Waals surface area contributed by atoms with E-state index in [9.17, 15) is 14.5 Å². The second kappa shape index (κ2) is 6.00. The van der Waals surface area contributed by atoms with Gasteiger partial charge >= 0.3 is 0 Å². The van der Waals surface area contributed by atoms with Gasteiger partial charge in [0, 0.05) is 11.6 Å². The van der Waals surface area contributed by atoms with E-state index < -0.39 is 4.92 Å². The number of benzene rings is 2. The van der Waals surface area contributed by atoms with Gasteiger partial charge in [-0.15, -0.1) is 0 Å². The van der Waals surface area contributed by atoms with E-state index in [-0.39, 0.29) is 18.1 Å². The van der Waals surface area contributed by atoms with Gasteiger partial charge in [0.25, 0.3) is 5.69 Å². The summed E-state index contributed by atoms with van der Waals surface area (Å²) >= 11 is 3.07. The molecule has 0 fully saturated rings. The molecule has 0 unspecified atom stereocenters. The number of ether oxygens (including phenoxy) is 1. The van der Waals surface area contributed by atoms with E-state index in [0.29, 0.717) is 15.8 Å². The number of nitro benzene ring substituents is 1. The molecule has 104 valence electrons. The van der Waals surface area contributed by atoms with Crippen molar-refractivity contribution in [3.8, 4) is 5.75 Å². The van der Waals surface area contributed by atoms with Crippen LogP contribution in [-0.2, 0) is 6.61 Å². The number of hydrogen-bond donors (Lipinski definition) is 0. The van der Waals surface area contributed by atoms with Gasteiger partial charge in [-0.05, 0) is 46.6 Å². The van der Waals surface area contributed by atoms with Gasteiger partial charge in [0.05, 0.1) is 9.40 Å². The Kier molecular flexibility index (Phi) is 4.34. The average Bonchev–Trinajstić information content (AvgIpc) is 2.41. The Hall–Kier alpha value is -1.95. The van der Waals surface area contributed by atoms with Gasteiger partial charge in [-0.1, -0.05) is 12.1 Å². The van der Waals surface area contributed by atoms with E-state index in [1.165, 1.54) is 24.3 Å². The van der Waals surface area contributed by atoms with Gasteiger partial charge < -0.3 is 4.74 Å². The topological polar surface area (TPSA) is 52.4 Å². The van der Waals surface area contributed by atoms with Gasteiger partial charge in [0.1, 0.15) is 18.2 Å². The molecule has 0 amide bonds. The maximum atomic E-state index is 13.1. The first-order chi connectivity index (χ1) is 9.49. The van der Waals surface area contributed by atoms with Crippen molar-refractivity contribution in [3.63, 3.8) is 0 Å². The van der Waals surface area contributed by atoms with Crippen LogP contribution in [-0.4, -0.2) is 4.92 Å². The summed E-state index contributed by atoms with van der Waals surface area (Å²) in [6, 6.07) is 9.15. The Bertz CT molecular complexity index is 661. The quantitative estimate of drug-likeness (QED) is 0.613. The number of rotatable bonds is 4. The molecule has 2 rings (SSSR count). The number of nitro groups is 1. The standard InChI is InChI=1S/C14H11BrFNO3/c1-9-10(3-2-4-14(9)17(18)19)8-20-11-5-6-13(16)12(15)7-11/h2-7H,8H2,1H3. The van der Waals surface area contributed by atoms with E-state index in [4.69, 9.17) is 4.74 Å². The lowest BCUT2D eigenvalue weighted by Crippen LogP contribution is -2.01. The van der Waals surface area contributed by atoms with Crippen molar-refractivity contribution in [2.24, 2.45) is 0 Å². The van der Waals surface area contributed by atoms with Crippen LogP contribution in [0.4, 0.5) is 10.1 Å². The fourth-order valence-electron chi connectivity index (χ4n) is 1.75. The number of halogens is 2. The van der Waals surface area contributed by atoms with Gasteiger partial charge in [0.2, 0.25) is 0 Å². The summed E-state index contributed by atoms with van der Waals surface area (Å²) in [7, 11) is 0. The minimum absolute atomic E-state index is 0.0615. The van der Waals surface area contributed by atoms with Gasteiger partial charge in [0.15, 0.2) is 0 Å². The van der Waals surface area contributed by atoms with Crippen molar-refractivity contribution >= 4 is 21.6 Å². The Morgan fingerprint density at radius 2 is 2.10 bits per heavy atom. The molecule has 20 heavy (non-hydrogen) atoms. The molecule has 6 heteroatoms. The molecule has 0 aliphatic carbocycles. The molecule has 2 aromatic rings. The van der Waals surface area contributed by atoms with Crippen LogP contribution in [0.1, 0.15) is 11.1 Å². The molecule has 0 atom stereocenters. The van der Waals surface area contributed by atoms with Crippen LogP contribution in [0.15, 0.2) is 40.9 Å². The molecule has 0 aliphatic heterocycles. The van der Waals surface area contributed by atoms with Crippen molar-refractivity contribution in [2.45, 2.75) is 13.5 Å². The number of nitrogens with zero attached hydrogens (tertiary/aromatic N) is 1. The van der Waals surface area contributed by atoms with Crippen molar-refractivity contribution in [2.75, 3.05) is 0 Å². The predicted molar refractivity (Wildman–Crippen MR) is 76.3 cm³/mol.